The molecule has 0 aliphatic heterocycles. The number of carbonyl (C=O) groups is 1. The maximum atomic E-state index is 11.4. The number of aliphatic hydroxyl groups excluding tert-OH is 1. The van der Waals surface area contributed by atoms with Crippen LogP contribution in [-0.2, 0) is 4.79 Å². The van der Waals surface area contributed by atoms with Crippen molar-refractivity contribution in [2.24, 2.45) is 28.6 Å². The van der Waals surface area contributed by atoms with E-state index in [2.05, 4.69) is 19.9 Å². The van der Waals surface area contributed by atoms with E-state index in [1.165, 1.54) is 12.0 Å². The molecule has 7 atom stereocenters. The predicted molar refractivity (Wildman–Crippen MR) is 98.0 cm³/mol. The molecule has 140 valence electrons. The van der Waals surface area contributed by atoms with Crippen LogP contribution in [0, 0.1) is 28.6 Å². The lowest BCUT2D eigenvalue weighted by molar-refractivity contribution is -0.131. The first-order chi connectivity index (χ1) is 11.8. The number of aliphatic hydroxyl groups is 2. The fraction of sp³-hybridized carbons (Fsp3) is 0.864. The highest BCUT2D eigenvalue weighted by Gasteiger charge is 2.63. The third kappa shape index (κ3) is 2.41. The highest BCUT2D eigenvalue weighted by Crippen LogP contribution is 2.67. The first kappa shape index (κ1) is 17.7. The number of fused-ring (bicyclic) bond motifs is 5. The molecule has 0 aromatic rings. The maximum Gasteiger partial charge on any atom is 0.120 e. The highest BCUT2D eigenvalue weighted by atomic mass is 16.3. The zero-order valence-electron chi connectivity index (χ0n) is 15.8. The Morgan fingerprint density at radius 1 is 1.16 bits per heavy atom. The highest BCUT2D eigenvalue weighted by molar-refractivity contribution is 5.49. The quantitative estimate of drug-likeness (QED) is 0.599. The van der Waals surface area contributed by atoms with Crippen molar-refractivity contribution in [1.82, 2.24) is 0 Å². The average Bonchev–Trinajstić information content (AvgIpc) is 2.85. The minimum Gasteiger partial charge on any atom is -0.393 e. The van der Waals surface area contributed by atoms with Crippen LogP contribution in [0.3, 0.4) is 0 Å². The molecule has 1 unspecified atom stereocenters. The van der Waals surface area contributed by atoms with E-state index in [0.29, 0.717) is 30.6 Å². The van der Waals surface area contributed by atoms with Gasteiger partial charge in [-0.2, -0.15) is 0 Å². The van der Waals surface area contributed by atoms with Crippen LogP contribution in [0.5, 0.6) is 0 Å². The van der Waals surface area contributed by atoms with Crippen LogP contribution in [0.2, 0.25) is 0 Å². The van der Waals surface area contributed by atoms with Gasteiger partial charge in [0.1, 0.15) is 6.29 Å². The normalized spacial score (nSPS) is 51.9. The zero-order chi connectivity index (χ0) is 17.9. The fourth-order valence-corrected chi connectivity index (χ4v) is 7.46. The zero-order valence-corrected chi connectivity index (χ0v) is 15.8. The summed E-state index contributed by atoms with van der Waals surface area (Å²) in [7, 11) is 0. The number of aldehydes is 1. The molecule has 3 nitrogen and oxygen atoms in total. The maximum absolute atomic E-state index is 11.4. The van der Waals surface area contributed by atoms with E-state index in [0.717, 1.165) is 51.2 Å². The fourth-order valence-electron chi connectivity index (χ4n) is 7.46. The molecule has 0 aromatic heterocycles. The minimum atomic E-state index is -0.656. The summed E-state index contributed by atoms with van der Waals surface area (Å²) in [6.45, 7) is 4.75. The van der Waals surface area contributed by atoms with E-state index >= 15 is 0 Å². The number of allylic oxidation sites excluding steroid dienone is 1. The van der Waals surface area contributed by atoms with Gasteiger partial charge < -0.3 is 15.0 Å². The molecular formula is C22H34O3. The van der Waals surface area contributed by atoms with Gasteiger partial charge in [-0.25, -0.2) is 0 Å². The topological polar surface area (TPSA) is 57.5 Å². The standard InChI is InChI=1S/C22H34O3/c1-20-10-6-16(24)14-15(20)4-5-17-18(20)7-11-21(2)19(17)8-12-22(21,25)9-3-13-23/h4,13,16-19,24-25H,3,5-12,14H2,1-2H3/t16?,17-,18+,19+,20+,21+,22-/m1/s1. The molecule has 4 rings (SSSR count). The molecule has 0 spiro atoms. The van der Waals surface area contributed by atoms with Crippen molar-refractivity contribution in [1.29, 1.82) is 0 Å². The van der Waals surface area contributed by atoms with E-state index < -0.39 is 5.60 Å². The molecule has 0 amide bonds. The SMILES string of the molecule is C[C@]12CCC(O)CC1=CC[C@@H]1[C@@H]2CC[C@@]2(C)[C@H]1CC[C@]2(O)CCC=O. The van der Waals surface area contributed by atoms with Crippen LogP contribution in [0.15, 0.2) is 11.6 Å². The third-order valence-corrected chi connectivity index (χ3v) is 9.08. The summed E-state index contributed by atoms with van der Waals surface area (Å²) in [5, 5.41) is 21.5. The largest absolute Gasteiger partial charge is 0.393 e. The molecule has 2 N–H and O–H groups in total. The summed E-state index contributed by atoms with van der Waals surface area (Å²) < 4.78 is 0. The summed E-state index contributed by atoms with van der Waals surface area (Å²) in [6, 6.07) is 0. The Morgan fingerprint density at radius 3 is 2.68 bits per heavy atom. The second-order valence-corrected chi connectivity index (χ2v) is 9.89. The summed E-state index contributed by atoms with van der Waals surface area (Å²) in [4.78, 5) is 10.9. The van der Waals surface area contributed by atoms with Crippen molar-refractivity contribution in [3.05, 3.63) is 11.6 Å². The smallest absolute Gasteiger partial charge is 0.120 e. The van der Waals surface area contributed by atoms with E-state index in [4.69, 9.17) is 0 Å². The van der Waals surface area contributed by atoms with Gasteiger partial charge >= 0.3 is 0 Å². The lowest BCUT2D eigenvalue weighted by Crippen LogP contribution is -2.54. The van der Waals surface area contributed by atoms with Crippen LogP contribution in [0.4, 0.5) is 0 Å². The molecule has 25 heavy (non-hydrogen) atoms. The first-order valence-electron chi connectivity index (χ1n) is 10.4. The van der Waals surface area contributed by atoms with Gasteiger partial charge in [-0.05, 0) is 86.4 Å². The Bertz CT molecular complexity index is 584. The third-order valence-electron chi connectivity index (χ3n) is 9.08. The summed E-state index contributed by atoms with van der Waals surface area (Å²) in [6.07, 6.45) is 12.6. The van der Waals surface area contributed by atoms with Crippen molar-refractivity contribution < 1.29 is 15.0 Å². The van der Waals surface area contributed by atoms with Gasteiger partial charge in [-0.3, -0.25) is 0 Å². The van der Waals surface area contributed by atoms with Gasteiger partial charge in [0.25, 0.3) is 0 Å². The monoisotopic (exact) mass is 346 g/mol. The minimum absolute atomic E-state index is 0.0347. The first-order valence-corrected chi connectivity index (χ1v) is 10.4. The number of carbonyl (C=O) groups excluding carboxylic acids is 1. The van der Waals surface area contributed by atoms with Gasteiger partial charge in [0, 0.05) is 6.42 Å². The van der Waals surface area contributed by atoms with Gasteiger partial charge in [0.15, 0.2) is 0 Å². The van der Waals surface area contributed by atoms with E-state index in [1.807, 2.05) is 0 Å². The molecule has 3 saturated carbocycles. The lowest BCUT2D eigenvalue weighted by atomic mass is 9.47. The van der Waals surface area contributed by atoms with Crippen molar-refractivity contribution in [3.63, 3.8) is 0 Å². The summed E-state index contributed by atoms with van der Waals surface area (Å²) in [5.74, 6) is 1.93. The second-order valence-electron chi connectivity index (χ2n) is 9.89. The number of hydrogen-bond donors (Lipinski definition) is 2. The number of hydrogen-bond acceptors (Lipinski definition) is 3. The van der Waals surface area contributed by atoms with Gasteiger partial charge in [0.05, 0.1) is 11.7 Å². The van der Waals surface area contributed by atoms with Crippen molar-refractivity contribution >= 4 is 6.29 Å². The summed E-state index contributed by atoms with van der Waals surface area (Å²) in [5.41, 5.74) is 1.07. The molecule has 4 aliphatic rings. The molecule has 0 saturated heterocycles. The average molecular weight is 347 g/mol. The lowest BCUT2D eigenvalue weighted by Gasteiger charge is -2.59. The number of rotatable bonds is 3. The molecular weight excluding hydrogens is 312 g/mol. The Balaban J connectivity index is 1.63. The van der Waals surface area contributed by atoms with Gasteiger partial charge in [-0.1, -0.05) is 25.5 Å². The Morgan fingerprint density at radius 2 is 1.92 bits per heavy atom. The molecule has 0 radical (unpaired) electrons. The van der Waals surface area contributed by atoms with Crippen molar-refractivity contribution in [3.8, 4) is 0 Å². The van der Waals surface area contributed by atoms with Crippen LogP contribution in [0.25, 0.3) is 0 Å². The van der Waals surface area contributed by atoms with Crippen LogP contribution in [-0.4, -0.2) is 28.2 Å². The molecule has 3 fully saturated rings. The van der Waals surface area contributed by atoms with Crippen molar-refractivity contribution in [2.45, 2.75) is 89.8 Å². The van der Waals surface area contributed by atoms with Crippen LogP contribution in [0.1, 0.15) is 78.1 Å². The molecule has 0 aromatic carbocycles. The predicted octanol–water partition coefficient (Wildman–Crippen LogP) is 4.02. The van der Waals surface area contributed by atoms with Crippen LogP contribution >= 0.6 is 0 Å². The Hall–Kier alpha value is -0.670. The van der Waals surface area contributed by atoms with Crippen molar-refractivity contribution in [2.75, 3.05) is 0 Å². The Kier molecular flexibility index (Phi) is 4.20. The van der Waals surface area contributed by atoms with Gasteiger partial charge in [-0.15, -0.1) is 0 Å². The Labute approximate surface area is 151 Å². The van der Waals surface area contributed by atoms with E-state index in [9.17, 15) is 15.0 Å². The van der Waals surface area contributed by atoms with E-state index in [1.54, 1.807) is 0 Å². The molecule has 3 heteroatoms. The van der Waals surface area contributed by atoms with Crippen LogP contribution < -0.4 is 0 Å². The summed E-state index contributed by atoms with van der Waals surface area (Å²) >= 11 is 0. The molecule has 4 aliphatic carbocycles. The van der Waals surface area contributed by atoms with E-state index in [-0.39, 0.29) is 16.9 Å². The van der Waals surface area contributed by atoms with Gasteiger partial charge in [0.2, 0.25) is 0 Å². The molecule has 0 bridgehead atoms. The molecule has 0 heterocycles. The second kappa shape index (κ2) is 5.92.